The van der Waals surface area contributed by atoms with Gasteiger partial charge in [0.05, 0.1) is 19.7 Å². The second kappa shape index (κ2) is 7.54. The first-order valence-corrected chi connectivity index (χ1v) is 6.02. The zero-order valence-corrected chi connectivity index (χ0v) is 11.3. The number of para-hydroxylation sites is 1. The first-order valence-electron chi connectivity index (χ1n) is 6.02. The van der Waals surface area contributed by atoms with Crippen LogP contribution in [0, 0.1) is 11.6 Å². The standard InChI is InChI=1S/C13H16F2N2O3/c1-3-20-12(19)8-17(2)7-11(18)16-13-9(14)5-4-6-10(13)15/h4-6H,3,7-8H2,1-2H3,(H,16,18). The smallest absolute Gasteiger partial charge is 0.320 e. The molecule has 0 atom stereocenters. The number of nitrogens with zero attached hydrogens (tertiary/aromatic N) is 1. The topological polar surface area (TPSA) is 58.6 Å². The molecule has 20 heavy (non-hydrogen) atoms. The van der Waals surface area contributed by atoms with E-state index in [4.69, 9.17) is 4.74 Å². The molecule has 0 spiro atoms. The summed E-state index contributed by atoms with van der Waals surface area (Å²) in [7, 11) is 1.52. The number of ether oxygens (including phenoxy) is 1. The van der Waals surface area contributed by atoms with Crippen LogP contribution in [0.25, 0.3) is 0 Å². The van der Waals surface area contributed by atoms with Crippen molar-refractivity contribution in [3.8, 4) is 0 Å². The molecule has 7 heteroatoms. The third-order valence-electron chi connectivity index (χ3n) is 2.35. The first kappa shape index (κ1) is 16.0. The van der Waals surface area contributed by atoms with Gasteiger partial charge in [-0.25, -0.2) is 8.78 Å². The summed E-state index contributed by atoms with van der Waals surface area (Å²) >= 11 is 0. The van der Waals surface area contributed by atoms with Gasteiger partial charge in [-0.05, 0) is 26.1 Å². The fourth-order valence-electron chi connectivity index (χ4n) is 1.52. The number of carbonyl (C=O) groups excluding carboxylic acids is 2. The van der Waals surface area contributed by atoms with Gasteiger partial charge in [-0.15, -0.1) is 0 Å². The van der Waals surface area contributed by atoms with Crippen molar-refractivity contribution >= 4 is 17.6 Å². The third kappa shape index (κ3) is 4.93. The summed E-state index contributed by atoms with van der Waals surface area (Å²) in [6, 6.07) is 3.29. The van der Waals surface area contributed by atoms with Crippen molar-refractivity contribution in [2.75, 3.05) is 32.1 Å². The van der Waals surface area contributed by atoms with Crippen LogP contribution in [0.1, 0.15) is 6.92 Å². The molecule has 0 aliphatic heterocycles. The fraction of sp³-hybridized carbons (Fsp3) is 0.385. The number of likely N-dealkylation sites (N-methyl/N-ethyl adjacent to an activating group) is 1. The minimum Gasteiger partial charge on any atom is -0.465 e. The maximum Gasteiger partial charge on any atom is 0.320 e. The maximum absolute atomic E-state index is 13.3. The quantitative estimate of drug-likeness (QED) is 0.803. The van der Waals surface area contributed by atoms with Gasteiger partial charge in [-0.1, -0.05) is 6.07 Å². The number of rotatable bonds is 6. The van der Waals surface area contributed by atoms with E-state index in [0.29, 0.717) is 0 Å². The van der Waals surface area contributed by atoms with Crippen LogP contribution < -0.4 is 5.32 Å². The van der Waals surface area contributed by atoms with Crippen molar-refractivity contribution in [2.45, 2.75) is 6.92 Å². The van der Waals surface area contributed by atoms with Crippen LogP contribution >= 0.6 is 0 Å². The molecule has 110 valence electrons. The molecule has 0 heterocycles. The Kier molecular flexibility index (Phi) is 6.05. The lowest BCUT2D eigenvalue weighted by molar-refractivity contribution is -0.144. The predicted octanol–water partition coefficient (Wildman–Crippen LogP) is 1.40. The number of carbonyl (C=O) groups is 2. The summed E-state index contributed by atoms with van der Waals surface area (Å²) in [5, 5.41) is 2.13. The summed E-state index contributed by atoms with van der Waals surface area (Å²) < 4.78 is 31.4. The lowest BCUT2D eigenvalue weighted by Crippen LogP contribution is -2.35. The number of amides is 1. The van der Waals surface area contributed by atoms with E-state index in [1.165, 1.54) is 18.0 Å². The zero-order valence-electron chi connectivity index (χ0n) is 11.3. The van der Waals surface area contributed by atoms with Gasteiger partial charge in [0.2, 0.25) is 5.91 Å². The molecule has 0 aliphatic rings. The number of benzene rings is 1. The second-order valence-corrected chi connectivity index (χ2v) is 4.12. The molecule has 1 N–H and O–H groups in total. The monoisotopic (exact) mass is 286 g/mol. The van der Waals surface area contributed by atoms with Crippen LogP contribution in [0.3, 0.4) is 0 Å². The largest absolute Gasteiger partial charge is 0.465 e. The van der Waals surface area contributed by atoms with Gasteiger partial charge in [0.25, 0.3) is 0 Å². The number of hydrogen-bond donors (Lipinski definition) is 1. The Bertz CT molecular complexity index is 474. The van der Waals surface area contributed by atoms with Crippen molar-refractivity contribution in [2.24, 2.45) is 0 Å². The van der Waals surface area contributed by atoms with Gasteiger partial charge >= 0.3 is 5.97 Å². The molecule has 1 aromatic rings. The zero-order chi connectivity index (χ0) is 15.1. The normalized spacial score (nSPS) is 10.4. The highest BCUT2D eigenvalue weighted by atomic mass is 19.1. The summed E-state index contributed by atoms with van der Waals surface area (Å²) in [4.78, 5) is 24.2. The van der Waals surface area contributed by atoms with Crippen LogP contribution in [-0.2, 0) is 14.3 Å². The van der Waals surface area contributed by atoms with Gasteiger partial charge in [0.1, 0.15) is 17.3 Å². The van der Waals surface area contributed by atoms with E-state index in [0.717, 1.165) is 12.1 Å². The molecular weight excluding hydrogens is 270 g/mol. The highest BCUT2D eigenvalue weighted by Crippen LogP contribution is 2.17. The van der Waals surface area contributed by atoms with Gasteiger partial charge in [0, 0.05) is 0 Å². The Morgan fingerprint density at radius 2 is 1.85 bits per heavy atom. The molecular formula is C13H16F2N2O3. The van der Waals surface area contributed by atoms with Crippen molar-refractivity contribution in [1.82, 2.24) is 4.90 Å². The van der Waals surface area contributed by atoms with E-state index in [1.54, 1.807) is 6.92 Å². The Morgan fingerprint density at radius 1 is 1.25 bits per heavy atom. The Labute approximate surface area is 115 Å². The minimum atomic E-state index is -0.855. The lowest BCUT2D eigenvalue weighted by Gasteiger charge is -2.15. The van der Waals surface area contributed by atoms with Gasteiger partial charge in [-0.3, -0.25) is 14.5 Å². The average molecular weight is 286 g/mol. The summed E-state index contributed by atoms with van der Waals surface area (Å²) in [6.07, 6.45) is 0. The molecule has 0 bridgehead atoms. The van der Waals surface area contributed by atoms with E-state index in [1.807, 2.05) is 0 Å². The summed E-state index contributed by atoms with van der Waals surface area (Å²) in [5.74, 6) is -2.81. The minimum absolute atomic E-state index is 0.0823. The van der Waals surface area contributed by atoms with E-state index in [2.05, 4.69) is 5.32 Å². The first-order chi connectivity index (χ1) is 9.43. The molecule has 1 amide bonds. The van der Waals surface area contributed by atoms with Crippen molar-refractivity contribution in [1.29, 1.82) is 0 Å². The van der Waals surface area contributed by atoms with Crippen molar-refractivity contribution in [3.63, 3.8) is 0 Å². The number of halogens is 2. The van der Waals surface area contributed by atoms with Crippen LogP contribution in [0.5, 0.6) is 0 Å². The summed E-state index contributed by atoms with van der Waals surface area (Å²) in [6.45, 7) is 1.65. The fourth-order valence-corrected chi connectivity index (χ4v) is 1.52. The highest BCUT2D eigenvalue weighted by molar-refractivity contribution is 5.92. The highest BCUT2D eigenvalue weighted by Gasteiger charge is 2.15. The number of anilines is 1. The maximum atomic E-state index is 13.3. The van der Waals surface area contributed by atoms with Gasteiger partial charge < -0.3 is 10.1 Å². The Hall–Kier alpha value is -2.02. The van der Waals surface area contributed by atoms with Crippen LogP contribution in [0.2, 0.25) is 0 Å². The van der Waals surface area contributed by atoms with Crippen LogP contribution in [0.4, 0.5) is 14.5 Å². The SMILES string of the molecule is CCOC(=O)CN(C)CC(=O)Nc1c(F)cccc1F. The van der Waals surface area contributed by atoms with E-state index >= 15 is 0 Å². The molecule has 1 rings (SSSR count). The second-order valence-electron chi connectivity index (χ2n) is 4.12. The Morgan fingerprint density at radius 3 is 2.40 bits per heavy atom. The number of hydrogen-bond acceptors (Lipinski definition) is 4. The van der Waals surface area contributed by atoms with E-state index in [9.17, 15) is 18.4 Å². The molecule has 0 aliphatic carbocycles. The van der Waals surface area contributed by atoms with Gasteiger partial charge in [-0.2, -0.15) is 0 Å². The van der Waals surface area contributed by atoms with Crippen molar-refractivity contribution < 1.29 is 23.1 Å². The molecule has 0 aromatic heterocycles. The Balaban J connectivity index is 2.53. The average Bonchev–Trinajstić information content (AvgIpc) is 2.34. The summed E-state index contributed by atoms with van der Waals surface area (Å²) in [5.41, 5.74) is -0.498. The van der Waals surface area contributed by atoms with Crippen LogP contribution in [-0.4, -0.2) is 43.5 Å². The molecule has 5 nitrogen and oxygen atoms in total. The molecule has 0 radical (unpaired) electrons. The molecule has 1 aromatic carbocycles. The molecule has 0 unspecified atom stereocenters. The third-order valence-corrected chi connectivity index (χ3v) is 2.35. The van der Waals surface area contributed by atoms with E-state index in [-0.39, 0.29) is 19.7 Å². The lowest BCUT2D eigenvalue weighted by atomic mass is 10.3. The van der Waals surface area contributed by atoms with E-state index < -0.39 is 29.2 Å². The molecule has 0 saturated heterocycles. The predicted molar refractivity (Wildman–Crippen MR) is 69.1 cm³/mol. The van der Waals surface area contributed by atoms with Gasteiger partial charge in [0.15, 0.2) is 0 Å². The molecule has 0 saturated carbocycles. The van der Waals surface area contributed by atoms with Crippen LogP contribution in [0.15, 0.2) is 18.2 Å². The van der Waals surface area contributed by atoms with Crippen molar-refractivity contribution in [3.05, 3.63) is 29.8 Å². The number of nitrogens with one attached hydrogen (secondary N) is 1. The number of esters is 1. The molecule has 0 fully saturated rings.